The van der Waals surface area contributed by atoms with E-state index in [-0.39, 0.29) is 0 Å². The molecule has 0 bridgehead atoms. The highest BCUT2D eigenvalue weighted by Gasteiger charge is 2.03. The molecule has 0 aliphatic carbocycles. The Kier molecular flexibility index (Phi) is 1.42. The van der Waals surface area contributed by atoms with E-state index in [4.69, 9.17) is 0 Å². The summed E-state index contributed by atoms with van der Waals surface area (Å²) in [4.78, 5) is 4.16. The van der Waals surface area contributed by atoms with Crippen LogP contribution in [-0.2, 0) is 0 Å². The molecule has 3 nitrogen and oxygen atoms in total. The van der Waals surface area contributed by atoms with Crippen LogP contribution in [0, 0.1) is 0 Å². The van der Waals surface area contributed by atoms with Crippen molar-refractivity contribution in [3.63, 3.8) is 0 Å². The van der Waals surface area contributed by atoms with Gasteiger partial charge < -0.3 is 0 Å². The maximum atomic E-state index is 4.16. The molecule has 0 spiro atoms. The molecule has 50 valence electrons. The van der Waals surface area contributed by atoms with Crippen molar-refractivity contribution in [2.24, 2.45) is 4.99 Å². The number of nitrogens with one attached hydrogen (secondary N) is 2. The van der Waals surface area contributed by atoms with Crippen molar-refractivity contribution >= 4 is 5.84 Å². The molecule has 0 radical (unpaired) electrons. The van der Waals surface area contributed by atoms with Gasteiger partial charge in [-0.1, -0.05) is 0 Å². The van der Waals surface area contributed by atoms with Crippen molar-refractivity contribution < 1.29 is 0 Å². The summed E-state index contributed by atoms with van der Waals surface area (Å²) < 4.78 is 0. The van der Waals surface area contributed by atoms with Gasteiger partial charge in [0.05, 0.1) is 0 Å². The quantitative estimate of drug-likeness (QED) is 0.501. The van der Waals surface area contributed by atoms with Crippen molar-refractivity contribution in [1.82, 2.24) is 10.9 Å². The highest BCUT2D eigenvalue weighted by atomic mass is 15.5. The minimum Gasteiger partial charge on any atom is -0.287 e. The van der Waals surface area contributed by atoms with Gasteiger partial charge in [-0.3, -0.25) is 10.9 Å². The lowest BCUT2D eigenvalue weighted by atomic mass is 10.3. The van der Waals surface area contributed by atoms with Crippen molar-refractivity contribution in [2.45, 2.75) is 20.8 Å². The van der Waals surface area contributed by atoms with E-state index in [0.717, 1.165) is 11.7 Å². The predicted molar refractivity (Wildman–Crippen MR) is 37.8 cm³/mol. The van der Waals surface area contributed by atoms with Crippen molar-refractivity contribution in [1.29, 1.82) is 0 Å². The van der Waals surface area contributed by atoms with Crippen molar-refractivity contribution in [3.8, 4) is 0 Å². The van der Waals surface area contributed by atoms with Crippen LogP contribution in [0.15, 0.2) is 16.4 Å². The molecule has 0 aromatic heterocycles. The first-order valence-electron chi connectivity index (χ1n) is 2.95. The molecule has 0 amide bonds. The molecule has 0 fully saturated rings. The largest absolute Gasteiger partial charge is 0.287 e. The molecule has 1 aliphatic rings. The first-order chi connectivity index (χ1) is 4.20. The van der Waals surface area contributed by atoms with Gasteiger partial charge in [0.2, 0.25) is 0 Å². The summed E-state index contributed by atoms with van der Waals surface area (Å²) in [5.41, 5.74) is 7.02. The summed E-state index contributed by atoms with van der Waals surface area (Å²) in [5, 5.41) is 0. The minimum atomic E-state index is 0.922. The van der Waals surface area contributed by atoms with E-state index in [2.05, 4.69) is 15.8 Å². The van der Waals surface area contributed by atoms with Gasteiger partial charge in [-0.15, -0.1) is 0 Å². The average molecular weight is 125 g/mol. The summed E-state index contributed by atoms with van der Waals surface area (Å²) in [7, 11) is 0. The molecule has 0 unspecified atom stereocenters. The highest BCUT2D eigenvalue weighted by molar-refractivity contribution is 5.82. The Hall–Kier alpha value is -0.990. The second-order valence-electron chi connectivity index (χ2n) is 2.30. The Labute approximate surface area is 54.8 Å². The van der Waals surface area contributed by atoms with E-state index in [9.17, 15) is 0 Å². The fourth-order valence-electron chi connectivity index (χ4n) is 0.610. The third-order valence-electron chi connectivity index (χ3n) is 1.11. The lowest BCUT2D eigenvalue weighted by molar-refractivity contribution is 0.795. The standard InChI is InChI=1S/C6H11N3/c1-4(2)6-7-5(3)8-9-6/h9H,1-3H3,(H,7,8). The van der Waals surface area contributed by atoms with Crippen molar-refractivity contribution in [2.75, 3.05) is 0 Å². The van der Waals surface area contributed by atoms with Gasteiger partial charge in [0.25, 0.3) is 0 Å². The first-order valence-corrected chi connectivity index (χ1v) is 2.95. The van der Waals surface area contributed by atoms with Crippen LogP contribution >= 0.6 is 0 Å². The maximum Gasteiger partial charge on any atom is 0.145 e. The van der Waals surface area contributed by atoms with E-state index < -0.39 is 0 Å². The molecule has 1 heterocycles. The Morgan fingerprint density at radius 2 is 2.00 bits per heavy atom. The summed E-state index contributed by atoms with van der Waals surface area (Å²) in [6, 6.07) is 0. The molecule has 0 saturated carbocycles. The monoisotopic (exact) mass is 125 g/mol. The summed E-state index contributed by atoms with van der Waals surface area (Å²) in [6.45, 7) is 5.96. The van der Waals surface area contributed by atoms with Gasteiger partial charge in [-0.25, -0.2) is 4.99 Å². The summed E-state index contributed by atoms with van der Waals surface area (Å²) in [5.74, 6) is 1.86. The third-order valence-corrected chi connectivity index (χ3v) is 1.11. The van der Waals surface area contributed by atoms with Crippen LogP contribution in [0.4, 0.5) is 0 Å². The van der Waals surface area contributed by atoms with Gasteiger partial charge in [-0.05, 0) is 26.3 Å². The lowest BCUT2D eigenvalue weighted by Gasteiger charge is -1.96. The van der Waals surface area contributed by atoms with Crippen LogP contribution in [0.1, 0.15) is 20.8 Å². The van der Waals surface area contributed by atoms with Gasteiger partial charge in [-0.2, -0.15) is 0 Å². The smallest absolute Gasteiger partial charge is 0.145 e. The zero-order chi connectivity index (χ0) is 6.85. The number of hydrogen-bond donors (Lipinski definition) is 2. The average Bonchev–Trinajstić information content (AvgIpc) is 2.14. The van der Waals surface area contributed by atoms with Crippen LogP contribution in [-0.4, -0.2) is 5.84 Å². The minimum absolute atomic E-state index is 0.922. The Balaban J connectivity index is 2.80. The zero-order valence-electron chi connectivity index (χ0n) is 5.95. The number of rotatable bonds is 0. The van der Waals surface area contributed by atoms with E-state index in [1.807, 2.05) is 20.8 Å². The Morgan fingerprint density at radius 1 is 1.33 bits per heavy atom. The molecule has 0 saturated heterocycles. The molecular formula is C6H11N3. The number of hydrogen-bond acceptors (Lipinski definition) is 3. The number of hydrazine groups is 1. The Morgan fingerprint density at radius 3 is 2.22 bits per heavy atom. The van der Waals surface area contributed by atoms with Gasteiger partial charge in [0.15, 0.2) is 0 Å². The molecule has 1 rings (SSSR count). The topological polar surface area (TPSA) is 36.4 Å². The van der Waals surface area contributed by atoms with Crippen LogP contribution in [0.3, 0.4) is 0 Å². The highest BCUT2D eigenvalue weighted by Crippen LogP contribution is 2.02. The molecule has 0 atom stereocenters. The lowest BCUT2D eigenvalue weighted by Crippen LogP contribution is -2.27. The molecular weight excluding hydrogens is 114 g/mol. The summed E-state index contributed by atoms with van der Waals surface area (Å²) >= 11 is 0. The molecule has 0 aromatic rings. The molecule has 9 heavy (non-hydrogen) atoms. The maximum absolute atomic E-state index is 4.16. The van der Waals surface area contributed by atoms with E-state index in [1.165, 1.54) is 5.57 Å². The van der Waals surface area contributed by atoms with Crippen LogP contribution in [0.25, 0.3) is 0 Å². The predicted octanol–water partition coefficient (Wildman–Crippen LogP) is 0.764. The normalized spacial score (nSPS) is 16.3. The zero-order valence-corrected chi connectivity index (χ0v) is 5.95. The third kappa shape index (κ3) is 1.22. The molecule has 0 aromatic carbocycles. The van der Waals surface area contributed by atoms with Crippen LogP contribution < -0.4 is 10.9 Å². The second-order valence-corrected chi connectivity index (χ2v) is 2.30. The molecule has 1 aliphatic heterocycles. The van der Waals surface area contributed by atoms with E-state index in [0.29, 0.717) is 0 Å². The SMILES string of the molecule is CC1=NC(=C(C)C)NN1. The fourth-order valence-corrected chi connectivity index (χ4v) is 0.610. The first kappa shape index (κ1) is 6.13. The second kappa shape index (κ2) is 2.09. The number of amidine groups is 1. The van der Waals surface area contributed by atoms with Crippen molar-refractivity contribution in [3.05, 3.63) is 11.4 Å². The van der Waals surface area contributed by atoms with Crippen LogP contribution in [0.2, 0.25) is 0 Å². The number of allylic oxidation sites excluding steroid dienone is 1. The Bertz CT molecular complexity index is 175. The molecule has 2 N–H and O–H groups in total. The van der Waals surface area contributed by atoms with Gasteiger partial charge >= 0.3 is 0 Å². The number of aliphatic imine (C=N–C) groups is 1. The van der Waals surface area contributed by atoms with E-state index in [1.54, 1.807) is 0 Å². The fraction of sp³-hybridized carbons (Fsp3) is 0.500. The number of nitrogens with zero attached hydrogens (tertiary/aromatic N) is 1. The summed E-state index contributed by atoms with van der Waals surface area (Å²) in [6.07, 6.45) is 0. The van der Waals surface area contributed by atoms with Crippen LogP contribution in [0.5, 0.6) is 0 Å². The van der Waals surface area contributed by atoms with Gasteiger partial charge in [0, 0.05) is 0 Å². The molecule has 3 heteroatoms. The van der Waals surface area contributed by atoms with Gasteiger partial charge in [0.1, 0.15) is 11.7 Å². The van der Waals surface area contributed by atoms with E-state index >= 15 is 0 Å².